The molecule has 0 fully saturated rings. The highest BCUT2D eigenvalue weighted by atomic mass is 16.1. The molecule has 0 aromatic heterocycles. The summed E-state index contributed by atoms with van der Waals surface area (Å²) in [4.78, 5) is 11.4. The number of carbonyl (C=O) groups is 1. The Morgan fingerprint density at radius 1 is 1.08 bits per heavy atom. The lowest BCUT2D eigenvalue weighted by Crippen LogP contribution is -2.12. The van der Waals surface area contributed by atoms with Gasteiger partial charge in [-0.1, -0.05) is 46.5 Å². The number of hydrogen-bond acceptors (Lipinski definition) is 1. The number of ketones is 1. The van der Waals surface area contributed by atoms with Gasteiger partial charge in [-0.25, -0.2) is 0 Å². The van der Waals surface area contributed by atoms with Crippen LogP contribution in [0.5, 0.6) is 0 Å². The van der Waals surface area contributed by atoms with Gasteiger partial charge in [0.25, 0.3) is 0 Å². The van der Waals surface area contributed by atoms with Gasteiger partial charge in [0.15, 0.2) is 0 Å². The zero-order chi connectivity index (χ0) is 10.1. The Hall–Kier alpha value is -0.330. The Bertz CT molecular complexity index is 129. The van der Waals surface area contributed by atoms with Crippen LogP contribution in [0.2, 0.25) is 0 Å². The van der Waals surface area contributed by atoms with E-state index in [2.05, 4.69) is 13.8 Å². The van der Waals surface area contributed by atoms with Crippen LogP contribution in [0.25, 0.3) is 0 Å². The van der Waals surface area contributed by atoms with Gasteiger partial charge in [0.05, 0.1) is 0 Å². The van der Waals surface area contributed by atoms with E-state index in [9.17, 15) is 4.79 Å². The van der Waals surface area contributed by atoms with Crippen molar-refractivity contribution in [2.45, 2.75) is 65.7 Å². The summed E-state index contributed by atoms with van der Waals surface area (Å²) in [7, 11) is 0. The number of Topliss-reactive ketones (excluding diaryl/α,β-unsaturated/α-hetero) is 1. The second kappa shape index (κ2) is 8.28. The van der Waals surface area contributed by atoms with Crippen LogP contribution < -0.4 is 0 Å². The van der Waals surface area contributed by atoms with Crippen molar-refractivity contribution in [2.24, 2.45) is 5.92 Å². The molecule has 0 aliphatic rings. The fourth-order valence-electron chi connectivity index (χ4n) is 1.70. The van der Waals surface area contributed by atoms with Gasteiger partial charge in [-0.3, -0.25) is 4.79 Å². The summed E-state index contributed by atoms with van der Waals surface area (Å²) in [5.74, 6) is 0.806. The number of carbonyl (C=O) groups excluding carboxylic acids is 1. The third kappa shape index (κ3) is 5.84. The molecule has 78 valence electrons. The molecule has 1 heteroatoms. The number of unbranched alkanes of at least 4 members (excludes halogenated alkanes) is 3. The molecular formula is C12H24O. The van der Waals surface area contributed by atoms with E-state index in [-0.39, 0.29) is 0 Å². The molecule has 0 heterocycles. The summed E-state index contributed by atoms with van der Waals surface area (Å²) < 4.78 is 0. The van der Waals surface area contributed by atoms with Crippen LogP contribution in [-0.4, -0.2) is 5.78 Å². The first-order valence-electron chi connectivity index (χ1n) is 5.78. The molecule has 0 aromatic carbocycles. The van der Waals surface area contributed by atoms with Gasteiger partial charge in [0, 0.05) is 12.3 Å². The molecule has 1 atom stereocenters. The highest BCUT2D eigenvalue weighted by Crippen LogP contribution is 2.16. The van der Waals surface area contributed by atoms with Crippen LogP contribution in [0, 0.1) is 5.92 Å². The lowest BCUT2D eigenvalue weighted by atomic mass is 9.93. The molecule has 0 aromatic rings. The third-order valence-corrected chi connectivity index (χ3v) is 2.70. The molecule has 0 saturated carbocycles. The van der Waals surface area contributed by atoms with Gasteiger partial charge in [0.2, 0.25) is 0 Å². The minimum Gasteiger partial charge on any atom is -0.299 e. The third-order valence-electron chi connectivity index (χ3n) is 2.70. The molecule has 0 aliphatic heterocycles. The maximum absolute atomic E-state index is 11.4. The summed E-state index contributed by atoms with van der Waals surface area (Å²) in [5.41, 5.74) is 0. The molecular weight excluding hydrogens is 160 g/mol. The molecule has 0 bridgehead atoms. The van der Waals surface area contributed by atoms with Crippen molar-refractivity contribution >= 4 is 5.78 Å². The Balaban J connectivity index is 3.53. The summed E-state index contributed by atoms with van der Waals surface area (Å²) in [6.45, 7) is 6.31. The summed E-state index contributed by atoms with van der Waals surface area (Å²) in [6, 6.07) is 0. The minimum atomic E-state index is 0.349. The first kappa shape index (κ1) is 12.7. The van der Waals surface area contributed by atoms with Crippen molar-refractivity contribution in [3.63, 3.8) is 0 Å². The highest BCUT2D eigenvalue weighted by Gasteiger charge is 2.12. The van der Waals surface area contributed by atoms with Gasteiger partial charge < -0.3 is 0 Å². The Kier molecular flexibility index (Phi) is 8.07. The van der Waals surface area contributed by atoms with Gasteiger partial charge in [0.1, 0.15) is 5.78 Å². The minimum absolute atomic E-state index is 0.349. The first-order valence-corrected chi connectivity index (χ1v) is 5.78. The van der Waals surface area contributed by atoms with Crippen LogP contribution in [0.15, 0.2) is 0 Å². The molecule has 0 unspecified atom stereocenters. The molecule has 0 spiro atoms. The topological polar surface area (TPSA) is 17.1 Å². The van der Waals surface area contributed by atoms with Crippen LogP contribution in [0.1, 0.15) is 65.7 Å². The van der Waals surface area contributed by atoms with Crippen molar-refractivity contribution in [2.75, 3.05) is 0 Å². The monoisotopic (exact) mass is 184 g/mol. The predicted molar refractivity (Wildman–Crippen MR) is 57.8 cm³/mol. The summed E-state index contributed by atoms with van der Waals surface area (Å²) >= 11 is 0. The second-order valence-corrected chi connectivity index (χ2v) is 3.77. The van der Waals surface area contributed by atoms with Crippen LogP contribution in [0.4, 0.5) is 0 Å². The van der Waals surface area contributed by atoms with Crippen LogP contribution in [0.3, 0.4) is 0 Å². The largest absolute Gasteiger partial charge is 0.299 e. The van der Waals surface area contributed by atoms with Gasteiger partial charge in [-0.2, -0.15) is 0 Å². The number of hydrogen-bond donors (Lipinski definition) is 0. The van der Waals surface area contributed by atoms with Gasteiger partial charge >= 0.3 is 0 Å². The van der Waals surface area contributed by atoms with Crippen molar-refractivity contribution in [3.05, 3.63) is 0 Å². The lowest BCUT2D eigenvalue weighted by molar-refractivity contribution is -0.122. The standard InChI is InChI=1S/C12H24O/c1-4-7-8-9-10-11(5-2)12(13)6-3/h11H,4-10H2,1-3H3/t11-/m0/s1. The fraction of sp³-hybridized carbons (Fsp3) is 0.917. The van der Waals surface area contributed by atoms with E-state index in [0.717, 1.165) is 12.8 Å². The Morgan fingerprint density at radius 3 is 2.23 bits per heavy atom. The van der Waals surface area contributed by atoms with E-state index < -0.39 is 0 Å². The molecule has 13 heavy (non-hydrogen) atoms. The van der Waals surface area contributed by atoms with Crippen LogP contribution >= 0.6 is 0 Å². The molecule has 0 N–H and O–H groups in total. The van der Waals surface area contributed by atoms with E-state index in [4.69, 9.17) is 0 Å². The van der Waals surface area contributed by atoms with E-state index in [0.29, 0.717) is 18.1 Å². The summed E-state index contributed by atoms with van der Waals surface area (Å²) in [6.07, 6.45) is 7.98. The maximum Gasteiger partial charge on any atom is 0.135 e. The van der Waals surface area contributed by atoms with E-state index in [1.54, 1.807) is 0 Å². The molecule has 0 amide bonds. The Morgan fingerprint density at radius 2 is 1.77 bits per heavy atom. The highest BCUT2D eigenvalue weighted by molar-refractivity contribution is 5.80. The van der Waals surface area contributed by atoms with Crippen molar-refractivity contribution < 1.29 is 4.79 Å². The molecule has 0 aliphatic carbocycles. The quantitative estimate of drug-likeness (QED) is 0.522. The van der Waals surface area contributed by atoms with E-state index in [1.165, 1.54) is 25.7 Å². The molecule has 0 radical (unpaired) electrons. The van der Waals surface area contributed by atoms with Crippen LogP contribution in [-0.2, 0) is 4.79 Å². The SMILES string of the molecule is CCCCCC[C@H](CC)C(=O)CC. The summed E-state index contributed by atoms with van der Waals surface area (Å²) in [5, 5.41) is 0. The molecule has 1 nitrogen and oxygen atoms in total. The van der Waals surface area contributed by atoms with Gasteiger partial charge in [-0.15, -0.1) is 0 Å². The smallest absolute Gasteiger partial charge is 0.135 e. The average Bonchev–Trinajstić information content (AvgIpc) is 2.17. The predicted octanol–water partition coefficient (Wildman–Crippen LogP) is 3.96. The zero-order valence-electron chi connectivity index (χ0n) is 9.44. The molecule has 0 rings (SSSR count). The lowest BCUT2D eigenvalue weighted by Gasteiger charge is -2.11. The molecule has 0 saturated heterocycles. The van der Waals surface area contributed by atoms with Crippen molar-refractivity contribution in [3.8, 4) is 0 Å². The average molecular weight is 184 g/mol. The van der Waals surface area contributed by atoms with Crippen molar-refractivity contribution in [1.29, 1.82) is 0 Å². The normalized spacial score (nSPS) is 12.8. The van der Waals surface area contributed by atoms with Gasteiger partial charge in [-0.05, 0) is 12.8 Å². The zero-order valence-corrected chi connectivity index (χ0v) is 9.44. The fourth-order valence-corrected chi connectivity index (χ4v) is 1.70. The second-order valence-electron chi connectivity index (χ2n) is 3.77. The number of rotatable bonds is 8. The maximum atomic E-state index is 11.4. The first-order chi connectivity index (χ1) is 6.26. The van der Waals surface area contributed by atoms with Crippen molar-refractivity contribution in [1.82, 2.24) is 0 Å². The van der Waals surface area contributed by atoms with E-state index >= 15 is 0 Å². The van der Waals surface area contributed by atoms with E-state index in [1.807, 2.05) is 6.92 Å². The Labute approximate surface area is 82.9 Å².